The molecule has 5 nitrogen and oxygen atoms in total. The molecule has 3 rings (SSSR count). The van der Waals surface area contributed by atoms with E-state index in [-0.39, 0.29) is 11.9 Å². The molecule has 1 aliphatic carbocycles. The summed E-state index contributed by atoms with van der Waals surface area (Å²) in [4.78, 5) is 16.4. The number of halogens is 1. The molecule has 0 spiro atoms. The van der Waals surface area contributed by atoms with Crippen molar-refractivity contribution >= 4 is 44.1 Å². The molecule has 21 heavy (non-hydrogen) atoms. The van der Waals surface area contributed by atoms with Crippen LogP contribution in [0, 0.1) is 0 Å². The molecule has 1 fully saturated rings. The maximum Gasteiger partial charge on any atom is 0.242 e. The fraction of sp³-hybridized carbons (Fsp3) is 0.333. The highest BCUT2D eigenvalue weighted by Crippen LogP contribution is 2.29. The van der Waals surface area contributed by atoms with E-state index in [1.54, 1.807) is 6.20 Å². The van der Waals surface area contributed by atoms with Crippen LogP contribution in [0.25, 0.3) is 10.9 Å². The number of nitrogens with one attached hydrogen (secondary N) is 2. The number of aromatic nitrogens is 1. The van der Waals surface area contributed by atoms with E-state index in [4.69, 9.17) is 5.73 Å². The predicted octanol–water partition coefficient (Wildman–Crippen LogP) is 2.66. The van der Waals surface area contributed by atoms with Crippen LogP contribution >= 0.6 is 15.9 Å². The molecule has 1 aromatic heterocycles. The van der Waals surface area contributed by atoms with Crippen molar-refractivity contribution in [1.82, 2.24) is 10.3 Å². The SMILES string of the molecule is CC(Nc1ccc(N)c2cc(Br)cnc12)C(=O)NC1CC1. The maximum atomic E-state index is 12.0. The minimum atomic E-state index is -0.317. The Balaban J connectivity index is 1.86. The zero-order valence-electron chi connectivity index (χ0n) is 11.7. The lowest BCUT2D eigenvalue weighted by Gasteiger charge is -2.17. The molecule has 2 aromatic rings. The third-order valence-electron chi connectivity index (χ3n) is 3.54. The van der Waals surface area contributed by atoms with Gasteiger partial charge >= 0.3 is 0 Å². The van der Waals surface area contributed by atoms with E-state index in [1.165, 1.54) is 0 Å². The van der Waals surface area contributed by atoms with Gasteiger partial charge in [0.15, 0.2) is 0 Å². The molecule has 0 bridgehead atoms. The van der Waals surface area contributed by atoms with Crippen molar-refractivity contribution in [3.05, 3.63) is 28.9 Å². The van der Waals surface area contributed by atoms with Crippen LogP contribution in [0.5, 0.6) is 0 Å². The minimum absolute atomic E-state index is 0.0135. The van der Waals surface area contributed by atoms with Crippen molar-refractivity contribution in [2.75, 3.05) is 11.1 Å². The Labute approximate surface area is 131 Å². The summed E-state index contributed by atoms with van der Waals surface area (Å²) in [5.74, 6) is 0.0135. The summed E-state index contributed by atoms with van der Waals surface area (Å²) in [5.41, 5.74) is 8.24. The predicted molar refractivity (Wildman–Crippen MR) is 88.1 cm³/mol. The first-order chi connectivity index (χ1) is 10.0. The number of pyridine rings is 1. The topological polar surface area (TPSA) is 80.0 Å². The molecule has 6 heteroatoms. The second kappa shape index (κ2) is 5.52. The number of rotatable bonds is 4. The molecule has 0 aliphatic heterocycles. The Bertz CT molecular complexity index is 699. The van der Waals surface area contributed by atoms with Crippen molar-refractivity contribution in [1.29, 1.82) is 0 Å². The third-order valence-corrected chi connectivity index (χ3v) is 3.97. The van der Waals surface area contributed by atoms with E-state index in [9.17, 15) is 4.79 Å². The highest BCUT2D eigenvalue weighted by Gasteiger charge is 2.25. The van der Waals surface area contributed by atoms with Crippen LogP contribution in [0.15, 0.2) is 28.9 Å². The Hall–Kier alpha value is -1.82. The van der Waals surface area contributed by atoms with Gasteiger partial charge in [-0.1, -0.05) is 0 Å². The quantitative estimate of drug-likeness (QED) is 0.742. The van der Waals surface area contributed by atoms with E-state index >= 15 is 0 Å². The monoisotopic (exact) mass is 348 g/mol. The van der Waals surface area contributed by atoms with E-state index in [0.29, 0.717) is 11.7 Å². The van der Waals surface area contributed by atoms with E-state index in [2.05, 4.69) is 31.5 Å². The van der Waals surface area contributed by atoms with Crippen molar-refractivity contribution < 1.29 is 4.79 Å². The largest absolute Gasteiger partial charge is 0.398 e. The van der Waals surface area contributed by atoms with Gasteiger partial charge in [0.1, 0.15) is 6.04 Å². The van der Waals surface area contributed by atoms with Crippen molar-refractivity contribution in [2.45, 2.75) is 31.8 Å². The molecule has 1 atom stereocenters. The smallest absolute Gasteiger partial charge is 0.242 e. The number of nitrogens with zero attached hydrogens (tertiary/aromatic N) is 1. The van der Waals surface area contributed by atoms with Crippen LogP contribution < -0.4 is 16.4 Å². The molecular formula is C15H17BrN4O. The third kappa shape index (κ3) is 3.10. The molecule has 1 amide bonds. The molecule has 1 unspecified atom stereocenters. The average Bonchev–Trinajstić information content (AvgIpc) is 3.26. The van der Waals surface area contributed by atoms with Crippen LogP contribution in [-0.2, 0) is 4.79 Å². The molecule has 4 N–H and O–H groups in total. The standard InChI is InChI=1S/C15H17BrN4O/c1-8(15(21)20-10-2-3-10)19-13-5-4-12(17)11-6-9(16)7-18-14(11)13/h4-8,10,19H,2-3,17H2,1H3,(H,20,21). The van der Waals surface area contributed by atoms with Gasteiger partial charge in [-0.05, 0) is 53.9 Å². The Morgan fingerprint density at radius 3 is 2.95 bits per heavy atom. The van der Waals surface area contributed by atoms with Gasteiger partial charge in [0.05, 0.1) is 11.2 Å². The van der Waals surface area contributed by atoms with Crippen molar-refractivity contribution in [3.8, 4) is 0 Å². The van der Waals surface area contributed by atoms with E-state index < -0.39 is 0 Å². The van der Waals surface area contributed by atoms with E-state index in [0.717, 1.165) is 33.9 Å². The number of nitrogens with two attached hydrogens (primary N) is 1. The average molecular weight is 349 g/mol. The highest BCUT2D eigenvalue weighted by atomic mass is 79.9. The summed E-state index contributed by atoms with van der Waals surface area (Å²) in [5, 5.41) is 7.07. The molecule has 1 aromatic carbocycles. The summed E-state index contributed by atoms with van der Waals surface area (Å²) < 4.78 is 0.873. The van der Waals surface area contributed by atoms with Gasteiger partial charge in [-0.25, -0.2) is 0 Å². The van der Waals surface area contributed by atoms with Crippen LogP contribution in [-0.4, -0.2) is 23.0 Å². The van der Waals surface area contributed by atoms with Crippen LogP contribution in [0.3, 0.4) is 0 Å². The lowest BCUT2D eigenvalue weighted by molar-refractivity contribution is -0.121. The number of amides is 1. The molecule has 0 saturated heterocycles. The molecule has 1 heterocycles. The van der Waals surface area contributed by atoms with Crippen LogP contribution in [0.1, 0.15) is 19.8 Å². The molecule has 0 radical (unpaired) electrons. The van der Waals surface area contributed by atoms with Crippen molar-refractivity contribution in [3.63, 3.8) is 0 Å². The van der Waals surface area contributed by atoms with Crippen LogP contribution in [0.2, 0.25) is 0 Å². The van der Waals surface area contributed by atoms with E-state index in [1.807, 2.05) is 25.1 Å². The molecule has 1 saturated carbocycles. The summed E-state index contributed by atoms with van der Waals surface area (Å²) in [6.45, 7) is 1.85. The summed E-state index contributed by atoms with van der Waals surface area (Å²) >= 11 is 3.40. The number of anilines is 2. The zero-order chi connectivity index (χ0) is 15.0. The second-order valence-electron chi connectivity index (χ2n) is 5.40. The normalized spacial score (nSPS) is 15.7. The van der Waals surface area contributed by atoms with Crippen molar-refractivity contribution in [2.24, 2.45) is 0 Å². The summed E-state index contributed by atoms with van der Waals surface area (Å²) in [7, 11) is 0. The van der Waals surface area contributed by atoms with Gasteiger partial charge in [0.25, 0.3) is 0 Å². The van der Waals surface area contributed by atoms with Gasteiger partial charge in [-0.15, -0.1) is 0 Å². The summed E-state index contributed by atoms with van der Waals surface area (Å²) in [6.07, 6.45) is 3.89. The molecular weight excluding hydrogens is 332 g/mol. The first-order valence-corrected chi connectivity index (χ1v) is 7.74. The van der Waals surface area contributed by atoms with Gasteiger partial charge in [0.2, 0.25) is 5.91 Å². The summed E-state index contributed by atoms with van der Waals surface area (Å²) in [6, 6.07) is 5.66. The first kappa shape index (κ1) is 14.1. The maximum absolute atomic E-state index is 12.0. The number of carbonyl (C=O) groups is 1. The minimum Gasteiger partial charge on any atom is -0.398 e. The van der Waals surface area contributed by atoms with Gasteiger partial charge in [-0.3, -0.25) is 9.78 Å². The number of hydrogen-bond donors (Lipinski definition) is 3. The fourth-order valence-electron chi connectivity index (χ4n) is 2.18. The van der Waals surface area contributed by atoms with Gasteiger partial charge < -0.3 is 16.4 Å². The lowest BCUT2D eigenvalue weighted by atomic mass is 10.1. The Morgan fingerprint density at radius 2 is 2.24 bits per heavy atom. The fourth-order valence-corrected chi connectivity index (χ4v) is 2.52. The van der Waals surface area contributed by atoms with Gasteiger partial charge in [0, 0.05) is 27.8 Å². The number of hydrogen-bond acceptors (Lipinski definition) is 4. The Morgan fingerprint density at radius 1 is 1.48 bits per heavy atom. The zero-order valence-corrected chi connectivity index (χ0v) is 13.3. The first-order valence-electron chi connectivity index (χ1n) is 6.95. The molecule has 1 aliphatic rings. The number of carbonyl (C=O) groups excluding carboxylic acids is 1. The highest BCUT2D eigenvalue weighted by molar-refractivity contribution is 9.10. The van der Waals surface area contributed by atoms with Crippen LogP contribution in [0.4, 0.5) is 11.4 Å². The second-order valence-corrected chi connectivity index (χ2v) is 6.32. The van der Waals surface area contributed by atoms with Gasteiger partial charge in [-0.2, -0.15) is 0 Å². The number of fused-ring (bicyclic) bond motifs is 1. The Kier molecular flexibility index (Phi) is 3.71. The number of nitrogen functional groups attached to an aromatic ring is 1. The molecule has 110 valence electrons. The lowest BCUT2D eigenvalue weighted by Crippen LogP contribution is -2.38. The number of benzene rings is 1.